The van der Waals surface area contributed by atoms with E-state index in [1.165, 1.54) is 12.1 Å². The predicted molar refractivity (Wildman–Crippen MR) is 79.8 cm³/mol. The molecule has 2 unspecified atom stereocenters. The van der Waals surface area contributed by atoms with Crippen LogP contribution in [0.3, 0.4) is 0 Å². The van der Waals surface area contributed by atoms with Crippen LogP contribution in [0.2, 0.25) is 0 Å². The number of nitrogens with zero attached hydrogens (tertiary/aromatic N) is 1. The number of halogens is 5. The normalized spacial score (nSPS) is 12.6. The molecule has 0 aliphatic heterocycles. The van der Waals surface area contributed by atoms with Gasteiger partial charge in [0.25, 0.3) is 0 Å². The molecule has 2 rings (SSSR count). The summed E-state index contributed by atoms with van der Waals surface area (Å²) in [5.74, 6) is -15.1. The van der Waals surface area contributed by atoms with Crippen LogP contribution in [0.15, 0.2) is 29.0 Å². The number of hydrogen-bond donors (Lipinski definition) is 1. The van der Waals surface area contributed by atoms with Crippen LogP contribution in [0.4, 0.5) is 22.0 Å². The van der Waals surface area contributed by atoms with E-state index >= 15 is 0 Å². The largest absolute Gasteiger partial charge is 0.575 e. The van der Waals surface area contributed by atoms with E-state index in [9.17, 15) is 31.6 Å². The quantitative estimate of drug-likeness (QED) is 0.338. The predicted octanol–water partition coefficient (Wildman–Crippen LogP) is 3.88. The summed E-state index contributed by atoms with van der Waals surface area (Å²) < 4.78 is 79.9. The van der Waals surface area contributed by atoms with Gasteiger partial charge in [-0.25, -0.2) is 18.0 Å². The number of aliphatic carboxylic acids is 1. The molecule has 0 fully saturated rings. The Bertz CT molecular complexity index is 895. The lowest BCUT2D eigenvalue weighted by Gasteiger charge is -2.11. The molecule has 0 heterocycles. The molecule has 2 aromatic rings. The van der Waals surface area contributed by atoms with Gasteiger partial charge in [0, 0.05) is 0 Å². The number of rotatable bonds is 6. The molecule has 27 heavy (non-hydrogen) atoms. The van der Waals surface area contributed by atoms with Crippen LogP contribution in [0.1, 0.15) is 6.92 Å². The number of benzene rings is 2. The van der Waals surface area contributed by atoms with E-state index in [2.05, 4.69) is 4.74 Å². The van der Waals surface area contributed by atoms with E-state index in [1.54, 1.807) is 0 Å². The lowest BCUT2D eigenvalue weighted by molar-refractivity contribution is -0.169. The van der Waals surface area contributed by atoms with Crippen molar-refractivity contribution >= 4 is 14.1 Å². The van der Waals surface area contributed by atoms with E-state index < -0.39 is 66.5 Å². The smallest absolute Gasteiger partial charge is 0.395 e. The van der Waals surface area contributed by atoms with Gasteiger partial charge in [-0.3, -0.25) is 4.52 Å². The zero-order valence-electron chi connectivity index (χ0n) is 13.3. The highest BCUT2D eigenvalue weighted by Gasteiger charge is 2.28. The van der Waals surface area contributed by atoms with E-state index in [-0.39, 0.29) is 0 Å². The average Bonchev–Trinajstić information content (AvgIpc) is 2.63. The van der Waals surface area contributed by atoms with Crippen molar-refractivity contribution in [3.63, 3.8) is 0 Å². The Balaban J connectivity index is 2.39. The lowest BCUT2D eigenvalue weighted by Crippen LogP contribution is -2.13. The van der Waals surface area contributed by atoms with Gasteiger partial charge in [-0.1, -0.05) is 16.9 Å². The summed E-state index contributed by atoms with van der Waals surface area (Å²) in [6.07, 6.45) is 0. The standard InChI is InChI=1S/C15H9F5NO5P/c1-6(15(22)23)21-27(24)26-8-5-3-2-4-7(8)25-14-12(19)10(17)9(16)11(18)13(14)20/h2-6H,1H3,(H,22,23). The van der Waals surface area contributed by atoms with E-state index in [0.717, 1.165) is 19.1 Å². The van der Waals surface area contributed by atoms with Gasteiger partial charge in [0.05, 0.1) is 0 Å². The van der Waals surface area contributed by atoms with Crippen LogP contribution in [-0.4, -0.2) is 17.1 Å². The molecule has 0 spiro atoms. The SMILES string of the molecule is CC(/N=[P+](\[O-])Oc1ccccc1Oc1c(F)c(F)c(F)c(F)c1F)C(=O)O. The fourth-order valence-electron chi connectivity index (χ4n) is 1.69. The minimum atomic E-state index is -2.93. The second kappa shape index (κ2) is 8.28. The van der Waals surface area contributed by atoms with Gasteiger partial charge in [0.2, 0.25) is 40.6 Å². The van der Waals surface area contributed by atoms with Gasteiger partial charge in [0.15, 0.2) is 11.8 Å². The number of hydrogen-bond acceptors (Lipinski definition) is 5. The van der Waals surface area contributed by atoms with Gasteiger partial charge in [-0.05, 0) is 19.1 Å². The Morgan fingerprint density at radius 2 is 1.52 bits per heavy atom. The number of carbonyl (C=O) groups is 1. The van der Waals surface area contributed by atoms with Crippen LogP contribution in [0, 0.1) is 29.1 Å². The van der Waals surface area contributed by atoms with Crippen LogP contribution in [0.25, 0.3) is 0 Å². The first-order chi connectivity index (χ1) is 12.6. The van der Waals surface area contributed by atoms with Gasteiger partial charge >= 0.3 is 14.1 Å². The molecular weight excluding hydrogens is 400 g/mol. The highest BCUT2D eigenvalue weighted by atomic mass is 31.1. The monoisotopic (exact) mass is 409 g/mol. The van der Waals surface area contributed by atoms with Gasteiger partial charge in [0.1, 0.15) is 0 Å². The van der Waals surface area contributed by atoms with Crippen molar-refractivity contribution in [1.29, 1.82) is 0 Å². The molecule has 0 radical (unpaired) electrons. The molecule has 0 aliphatic rings. The molecule has 144 valence electrons. The summed E-state index contributed by atoms with van der Waals surface area (Å²) >= 11 is 0. The molecule has 2 aromatic carbocycles. The highest BCUT2D eigenvalue weighted by molar-refractivity contribution is 7.34. The Kier molecular flexibility index (Phi) is 6.29. The molecular formula is C15H9F5NO5P. The van der Waals surface area contributed by atoms with E-state index in [4.69, 9.17) is 14.4 Å². The van der Waals surface area contributed by atoms with Gasteiger partial charge in [-0.15, -0.1) is 0 Å². The van der Waals surface area contributed by atoms with Crippen LogP contribution in [-0.2, 0) is 4.79 Å². The molecule has 6 nitrogen and oxygen atoms in total. The topological polar surface area (TPSA) is 91.2 Å². The summed E-state index contributed by atoms with van der Waals surface area (Å²) in [5, 5.41) is 8.69. The van der Waals surface area contributed by atoms with Gasteiger partial charge < -0.3 is 14.7 Å². The third kappa shape index (κ3) is 4.50. The third-order valence-corrected chi connectivity index (χ3v) is 3.92. The van der Waals surface area contributed by atoms with Crippen molar-refractivity contribution in [3.05, 3.63) is 53.4 Å². The first-order valence-electron chi connectivity index (χ1n) is 7.00. The second-order valence-corrected chi connectivity index (χ2v) is 5.80. The molecule has 2 atom stereocenters. The lowest BCUT2D eigenvalue weighted by atomic mass is 10.2. The molecule has 0 bridgehead atoms. The molecule has 1 N–H and O–H groups in total. The van der Waals surface area contributed by atoms with Crippen molar-refractivity contribution in [3.8, 4) is 17.2 Å². The first-order valence-corrected chi connectivity index (χ1v) is 8.13. The minimum absolute atomic E-state index is 0.427. The Hall–Kier alpha value is -2.78. The Labute approximate surface area is 149 Å². The van der Waals surface area contributed by atoms with Gasteiger partial charge in [-0.2, -0.15) is 8.78 Å². The summed E-state index contributed by atoms with van der Waals surface area (Å²) in [7, 11) is -2.93. The zero-order valence-corrected chi connectivity index (χ0v) is 14.1. The fraction of sp³-hybridized carbons (Fsp3) is 0.133. The summed E-state index contributed by atoms with van der Waals surface area (Å²) in [5.41, 5.74) is 0. The maximum atomic E-state index is 13.7. The van der Waals surface area contributed by atoms with E-state index in [0.29, 0.717) is 0 Å². The van der Waals surface area contributed by atoms with E-state index in [1.807, 2.05) is 0 Å². The fourth-order valence-corrected chi connectivity index (χ4v) is 2.44. The number of carboxylic acids is 1. The van der Waals surface area contributed by atoms with Crippen molar-refractivity contribution < 1.29 is 46.0 Å². The molecule has 0 saturated heterocycles. The Morgan fingerprint density at radius 1 is 1.04 bits per heavy atom. The summed E-state index contributed by atoms with van der Waals surface area (Å²) in [6.45, 7) is 1.12. The first kappa shape index (κ1) is 20.5. The number of ether oxygens (including phenoxy) is 1. The van der Waals surface area contributed by atoms with Crippen LogP contribution < -0.4 is 14.2 Å². The second-order valence-electron chi connectivity index (χ2n) is 4.91. The Morgan fingerprint density at radius 3 is 2.04 bits per heavy atom. The molecule has 0 aromatic heterocycles. The van der Waals surface area contributed by atoms with Crippen molar-refractivity contribution in [1.82, 2.24) is 0 Å². The molecule has 0 amide bonds. The van der Waals surface area contributed by atoms with Crippen molar-refractivity contribution in [2.45, 2.75) is 13.0 Å². The minimum Gasteiger partial charge on any atom is -0.575 e. The maximum absolute atomic E-state index is 13.7. The zero-order chi connectivity index (χ0) is 20.3. The number of para-hydroxylation sites is 2. The van der Waals surface area contributed by atoms with Crippen molar-refractivity contribution in [2.24, 2.45) is 4.74 Å². The molecule has 0 saturated carbocycles. The van der Waals surface area contributed by atoms with Crippen LogP contribution in [0.5, 0.6) is 17.2 Å². The third-order valence-electron chi connectivity index (χ3n) is 3.03. The maximum Gasteiger partial charge on any atom is 0.395 e. The molecule has 12 heteroatoms. The van der Waals surface area contributed by atoms with Crippen LogP contribution >= 0.6 is 8.17 Å². The van der Waals surface area contributed by atoms with Crippen molar-refractivity contribution in [2.75, 3.05) is 0 Å². The number of carboxylic acid groups (broad SMARTS) is 1. The average molecular weight is 409 g/mol. The summed E-state index contributed by atoms with van der Waals surface area (Å²) in [4.78, 5) is 22.4. The molecule has 0 aliphatic carbocycles. The highest BCUT2D eigenvalue weighted by Crippen LogP contribution is 2.39. The summed E-state index contributed by atoms with van der Waals surface area (Å²) in [6, 6.07) is 3.37.